The van der Waals surface area contributed by atoms with Gasteiger partial charge >= 0.3 is 0 Å². The van der Waals surface area contributed by atoms with Crippen molar-refractivity contribution in [1.29, 1.82) is 5.26 Å². The smallest absolute Gasteiger partial charge is 0.119 e. The topological polar surface area (TPSA) is 33.0 Å². The monoisotopic (exact) mass is 389 g/mol. The summed E-state index contributed by atoms with van der Waals surface area (Å²) < 4.78 is 5.87. The van der Waals surface area contributed by atoms with Gasteiger partial charge in [-0.2, -0.15) is 5.26 Å². The number of rotatable bonds is 14. The lowest BCUT2D eigenvalue weighted by Gasteiger charge is -2.06. The third-order valence-electron chi connectivity index (χ3n) is 5.15. The van der Waals surface area contributed by atoms with Gasteiger partial charge in [0.1, 0.15) is 5.75 Å². The Morgan fingerprint density at radius 2 is 1.17 bits per heavy atom. The van der Waals surface area contributed by atoms with Gasteiger partial charge in [0.25, 0.3) is 0 Å². The molecule has 154 valence electrons. The van der Waals surface area contributed by atoms with E-state index in [-0.39, 0.29) is 0 Å². The van der Waals surface area contributed by atoms with Gasteiger partial charge in [0, 0.05) is 0 Å². The summed E-state index contributed by atoms with van der Waals surface area (Å²) in [5, 5.41) is 8.84. The molecule has 0 atom stereocenters. The van der Waals surface area contributed by atoms with Gasteiger partial charge in [0.15, 0.2) is 0 Å². The summed E-state index contributed by atoms with van der Waals surface area (Å²) in [4.78, 5) is 0. The Labute approximate surface area is 177 Å². The molecule has 0 saturated heterocycles. The van der Waals surface area contributed by atoms with E-state index in [9.17, 15) is 0 Å². The maximum atomic E-state index is 8.84. The minimum Gasteiger partial charge on any atom is -0.494 e. The largest absolute Gasteiger partial charge is 0.494 e. The highest BCUT2D eigenvalue weighted by Crippen LogP contribution is 2.16. The summed E-state index contributed by atoms with van der Waals surface area (Å²) in [6.45, 7) is 3.07. The number of unbranched alkanes of at least 4 members (excludes halogenated alkanes) is 9. The number of hydrogen-bond acceptors (Lipinski definition) is 2. The fourth-order valence-electron chi connectivity index (χ4n) is 3.32. The summed E-state index contributed by atoms with van der Waals surface area (Å²) in [5.41, 5.74) is 2.91. The molecule has 0 radical (unpaired) electrons. The van der Waals surface area contributed by atoms with Crippen LogP contribution in [0.1, 0.15) is 87.8 Å². The highest BCUT2D eigenvalue weighted by atomic mass is 16.5. The van der Waals surface area contributed by atoms with E-state index in [1.54, 1.807) is 0 Å². The number of nitrogens with zero attached hydrogens (tertiary/aromatic N) is 1. The minimum atomic E-state index is 0.686. The van der Waals surface area contributed by atoms with E-state index >= 15 is 0 Å². The van der Waals surface area contributed by atoms with E-state index < -0.39 is 0 Å². The first kappa shape index (κ1) is 22.8. The van der Waals surface area contributed by atoms with Crippen LogP contribution in [0.25, 0.3) is 12.2 Å². The molecule has 0 heterocycles. The Bertz CT molecular complexity index is 738. The zero-order chi connectivity index (χ0) is 20.6. The average Bonchev–Trinajstić information content (AvgIpc) is 2.77. The zero-order valence-electron chi connectivity index (χ0n) is 17.9. The van der Waals surface area contributed by atoms with E-state index in [4.69, 9.17) is 10.00 Å². The molecule has 2 aromatic rings. The number of hydrogen-bond donors (Lipinski definition) is 0. The van der Waals surface area contributed by atoms with Crippen molar-refractivity contribution in [3.8, 4) is 11.8 Å². The molecule has 0 bridgehead atoms. The molecule has 0 aliphatic rings. The minimum absolute atomic E-state index is 0.686. The van der Waals surface area contributed by atoms with Crippen LogP contribution >= 0.6 is 0 Å². The molecule has 0 fully saturated rings. The lowest BCUT2D eigenvalue weighted by Crippen LogP contribution is -1.97. The second-order valence-corrected chi connectivity index (χ2v) is 7.67. The molecule has 0 amide bonds. The van der Waals surface area contributed by atoms with Crippen molar-refractivity contribution < 1.29 is 4.74 Å². The first-order chi connectivity index (χ1) is 14.3. The summed E-state index contributed by atoms with van der Waals surface area (Å²) in [6, 6.07) is 18.0. The summed E-state index contributed by atoms with van der Waals surface area (Å²) in [6.07, 6.45) is 17.6. The third-order valence-corrected chi connectivity index (χ3v) is 5.15. The molecule has 2 nitrogen and oxygen atoms in total. The van der Waals surface area contributed by atoms with Crippen molar-refractivity contribution in [2.24, 2.45) is 0 Å². The van der Waals surface area contributed by atoms with Crippen LogP contribution in [0.2, 0.25) is 0 Å². The maximum Gasteiger partial charge on any atom is 0.119 e. The summed E-state index contributed by atoms with van der Waals surface area (Å²) >= 11 is 0. The van der Waals surface area contributed by atoms with Crippen molar-refractivity contribution in [3.63, 3.8) is 0 Å². The lowest BCUT2D eigenvalue weighted by molar-refractivity contribution is 0.304. The molecule has 0 saturated carbocycles. The van der Waals surface area contributed by atoms with Gasteiger partial charge in [-0.25, -0.2) is 0 Å². The second kappa shape index (κ2) is 14.5. The van der Waals surface area contributed by atoms with Gasteiger partial charge in [0.05, 0.1) is 18.2 Å². The Hall–Kier alpha value is -2.53. The van der Waals surface area contributed by atoms with Crippen LogP contribution in [0.4, 0.5) is 0 Å². The van der Waals surface area contributed by atoms with E-state index in [2.05, 4.69) is 37.3 Å². The van der Waals surface area contributed by atoms with Crippen LogP contribution in [0.15, 0.2) is 48.5 Å². The van der Waals surface area contributed by atoms with Gasteiger partial charge in [-0.05, 0) is 41.8 Å². The Balaban J connectivity index is 1.57. The fraction of sp³-hybridized carbons (Fsp3) is 0.444. The molecule has 2 aromatic carbocycles. The Morgan fingerprint density at radius 3 is 1.69 bits per heavy atom. The molecular formula is C27H35NO. The van der Waals surface area contributed by atoms with E-state index in [1.165, 1.54) is 57.8 Å². The molecule has 2 heteroatoms. The van der Waals surface area contributed by atoms with E-state index in [0.29, 0.717) is 5.56 Å². The lowest BCUT2D eigenvalue weighted by atomic mass is 10.1. The zero-order valence-corrected chi connectivity index (χ0v) is 17.9. The fourth-order valence-corrected chi connectivity index (χ4v) is 3.32. The molecule has 0 aromatic heterocycles. The second-order valence-electron chi connectivity index (χ2n) is 7.67. The van der Waals surface area contributed by atoms with Crippen LogP contribution in [-0.2, 0) is 0 Å². The normalized spacial score (nSPS) is 10.9. The molecule has 29 heavy (non-hydrogen) atoms. The van der Waals surface area contributed by atoms with Crippen molar-refractivity contribution in [3.05, 3.63) is 65.2 Å². The SMILES string of the molecule is CCCCCCCCCCCCOc1ccc(C=Cc2ccc(C#N)cc2)cc1. The summed E-state index contributed by atoms with van der Waals surface area (Å²) in [7, 11) is 0. The van der Waals surface area contributed by atoms with Gasteiger partial charge in [-0.15, -0.1) is 0 Å². The van der Waals surface area contributed by atoms with E-state index in [0.717, 1.165) is 29.9 Å². The maximum absolute atomic E-state index is 8.84. The molecule has 0 N–H and O–H groups in total. The molecule has 0 aliphatic carbocycles. The van der Waals surface area contributed by atoms with Gasteiger partial charge in [-0.3, -0.25) is 0 Å². The van der Waals surface area contributed by atoms with Crippen molar-refractivity contribution in [2.75, 3.05) is 6.61 Å². The Kier molecular flexibility index (Phi) is 11.4. The highest BCUT2D eigenvalue weighted by molar-refractivity contribution is 5.70. The first-order valence-corrected chi connectivity index (χ1v) is 11.2. The number of nitriles is 1. The quantitative estimate of drug-likeness (QED) is 0.242. The third kappa shape index (κ3) is 9.99. The van der Waals surface area contributed by atoms with Crippen LogP contribution in [-0.4, -0.2) is 6.61 Å². The molecule has 0 unspecified atom stereocenters. The van der Waals surface area contributed by atoms with Crippen molar-refractivity contribution in [2.45, 2.75) is 71.1 Å². The molecule has 2 rings (SSSR count). The van der Waals surface area contributed by atoms with Crippen LogP contribution < -0.4 is 4.74 Å². The van der Waals surface area contributed by atoms with Crippen LogP contribution in [0, 0.1) is 11.3 Å². The Morgan fingerprint density at radius 1 is 0.690 bits per heavy atom. The van der Waals surface area contributed by atoms with E-state index in [1.807, 2.05) is 36.4 Å². The predicted molar refractivity (Wildman–Crippen MR) is 124 cm³/mol. The first-order valence-electron chi connectivity index (χ1n) is 11.2. The van der Waals surface area contributed by atoms with Crippen molar-refractivity contribution in [1.82, 2.24) is 0 Å². The van der Waals surface area contributed by atoms with Gasteiger partial charge in [0.2, 0.25) is 0 Å². The van der Waals surface area contributed by atoms with Gasteiger partial charge in [-0.1, -0.05) is 101 Å². The van der Waals surface area contributed by atoms with Crippen LogP contribution in [0.5, 0.6) is 5.75 Å². The molecule has 0 aliphatic heterocycles. The highest BCUT2D eigenvalue weighted by Gasteiger charge is 1.96. The van der Waals surface area contributed by atoms with Gasteiger partial charge < -0.3 is 4.74 Å². The van der Waals surface area contributed by atoms with Crippen molar-refractivity contribution >= 4 is 12.2 Å². The summed E-state index contributed by atoms with van der Waals surface area (Å²) in [5.74, 6) is 0.941. The number of ether oxygens (including phenoxy) is 1. The van der Waals surface area contributed by atoms with Crippen LogP contribution in [0.3, 0.4) is 0 Å². The average molecular weight is 390 g/mol. The molecular weight excluding hydrogens is 354 g/mol. The molecule has 0 spiro atoms. The predicted octanol–water partition coefficient (Wildman–Crippen LogP) is 8.03. The number of benzene rings is 2. The standard InChI is InChI=1S/C27H35NO/c1-2-3-4-5-6-7-8-9-10-11-22-29-27-20-18-25(19-21-27)13-12-24-14-16-26(23-28)17-15-24/h12-21H,2-11,22H2,1H3.